The summed E-state index contributed by atoms with van der Waals surface area (Å²) in [5.74, 6) is 1.57. The number of nitrogens with one attached hydrogen (secondary N) is 1. The highest BCUT2D eigenvalue weighted by molar-refractivity contribution is 4.86. The minimum absolute atomic E-state index is 0.445. The van der Waals surface area contributed by atoms with Crippen molar-refractivity contribution in [2.24, 2.45) is 11.8 Å². The van der Waals surface area contributed by atoms with Gasteiger partial charge in [-0.1, -0.05) is 40.5 Å². The van der Waals surface area contributed by atoms with Gasteiger partial charge >= 0.3 is 0 Å². The smallest absolute Gasteiger partial charge is 0.0754 e. The van der Waals surface area contributed by atoms with E-state index in [1.807, 2.05) is 0 Å². The van der Waals surface area contributed by atoms with Gasteiger partial charge in [0.1, 0.15) is 0 Å². The van der Waals surface area contributed by atoms with Crippen molar-refractivity contribution in [2.75, 3.05) is 13.2 Å². The molecule has 3 atom stereocenters. The first-order chi connectivity index (χ1) is 7.72. The average molecular weight is 227 g/mol. The van der Waals surface area contributed by atoms with Gasteiger partial charge in [-0.3, -0.25) is 0 Å². The lowest BCUT2D eigenvalue weighted by Crippen LogP contribution is -2.43. The zero-order valence-electron chi connectivity index (χ0n) is 11.5. The van der Waals surface area contributed by atoms with Crippen LogP contribution in [0.25, 0.3) is 0 Å². The summed E-state index contributed by atoms with van der Waals surface area (Å²) in [6.07, 6.45) is 5.53. The van der Waals surface area contributed by atoms with Crippen molar-refractivity contribution >= 4 is 0 Å². The van der Waals surface area contributed by atoms with Crippen molar-refractivity contribution < 1.29 is 4.74 Å². The molecule has 1 aliphatic heterocycles. The van der Waals surface area contributed by atoms with E-state index in [0.717, 1.165) is 25.0 Å². The molecule has 1 fully saturated rings. The van der Waals surface area contributed by atoms with Crippen LogP contribution in [-0.2, 0) is 4.74 Å². The third kappa shape index (κ3) is 3.74. The molecule has 1 saturated heterocycles. The summed E-state index contributed by atoms with van der Waals surface area (Å²) in [5.41, 5.74) is 0. The Labute approximate surface area is 101 Å². The predicted molar refractivity (Wildman–Crippen MR) is 69.7 cm³/mol. The molecule has 0 spiro atoms. The number of likely N-dealkylation sites (N-methyl/N-ethyl adjacent to an activating group) is 1. The number of hydrogen-bond acceptors (Lipinski definition) is 2. The maximum Gasteiger partial charge on any atom is 0.0754 e. The lowest BCUT2D eigenvalue weighted by atomic mass is 9.88. The van der Waals surface area contributed by atoms with Gasteiger partial charge < -0.3 is 10.1 Å². The second-order valence-electron chi connectivity index (χ2n) is 5.18. The van der Waals surface area contributed by atoms with Crippen LogP contribution in [0.15, 0.2) is 0 Å². The topological polar surface area (TPSA) is 21.3 Å². The van der Waals surface area contributed by atoms with Gasteiger partial charge in [0, 0.05) is 12.6 Å². The third-order valence-electron chi connectivity index (χ3n) is 4.05. The summed E-state index contributed by atoms with van der Waals surface area (Å²) in [6, 6.07) is 0.562. The summed E-state index contributed by atoms with van der Waals surface area (Å²) >= 11 is 0. The van der Waals surface area contributed by atoms with Gasteiger partial charge in [0.25, 0.3) is 0 Å². The molecule has 1 N–H and O–H groups in total. The van der Waals surface area contributed by atoms with Crippen LogP contribution < -0.4 is 5.32 Å². The van der Waals surface area contributed by atoms with E-state index in [9.17, 15) is 0 Å². The molecule has 0 aromatic carbocycles. The molecule has 0 aromatic heterocycles. The molecule has 96 valence electrons. The third-order valence-corrected chi connectivity index (χ3v) is 4.05. The Bertz CT molecular complexity index is 180. The van der Waals surface area contributed by atoms with E-state index in [1.54, 1.807) is 0 Å². The van der Waals surface area contributed by atoms with E-state index in [1.165, 1.54) is 25.7 Å². The first-order valence-electron chi connectivity index (χ1n) is 7.07. The van der Waals surface area contributed by atoms with Gasteiger partial charge in [0.15, 0.2) is 0 Å². The van der Waals surface area contributed by atoms with E-state index < -0.39 is 0 Å². The average Bonchev–Trinajstić information content (AvgIpc) is 2.71. The van der Waals surface area contributed by atoms with Crippen LogP contribution in [0, 0.1) is 11.8 Å². The van der Waals surface area contributed by atoms with E-state index >= 15 is 0 Å². The predicted octanol–water partition coefficient (Wildman–Crippen LogP) is 3.22. The fourth-order valence-corrected chi connectivity index (χ4v) is 2.81. The van der Waals surface area contributed by atoms with Crippen molar-refractivity contribution in [3.05, 3.63) is 0 Å². The Hall–Kier alpha value is -0.0800. The van der Waals surface area contributed by atoms with Crippen molar-refractivity contribution in [1.82, 2.24) is 5.32 Å². The highest BCUT2D eigenvalue weighted by atomic mass is 16.5. The first kappa shape index (κ1) is 14.0. The molecular weight excluding hydrogens is 198 g/mol. The minimum atomic E-state index is 0.445. The lowest BCUT2D eigenvalue weighted by Gasteiger charge is -2.29. The van der Waals surface area contributed by atoms with Crippen molar-refractivity contribution in [3.8, 4) is 0 Å². The maximum absolute atomic E-state index is 5.91. The highest BCUT2D eigenvalue weighted by Crippen LogP contribution is 2.27. The van der Waals surface area contributed by atoms with Crippen molar-refractivity contribution in [3.63, 3.8) is 0 Å². The van der Waals surface area contributed by atoms with E-state index in [2.05, 4.69) is 33.0 Å². The van der Waals surface area contributed by atoms with Crippen LogP contribution >= 0.6 is 0 Å². The highest BCUT2D eigenvalue weighted by Gasteiger charge is 2.32. The molecule has 0 amide bonds. The molecule has 0 aliphatic carbocycles. The molecule has 1 rings (SSSR count). The monoisotopic (exact) mass is 227 g/mol. The van der Waals surface area contributed by atoms with Gasteiger partial charge in [-0.05, 0) is 31.2 Å². The summed E-state index contributed by atoms with van der Waals surface area (Å²) < 4.78 is 5.91. The Morgan fingerprint density at radius 1 is 1.25 bits per heavy atom. The lowest BCUT2D eigenvalue weighted by molar-refractivity contribution is 0.0527. The number of hydrogen-bond donors (Lipinski definition) is 1. The quantitative estimate of drug-likeness (QED) is 0.721. The van der Waals surface area contributed by atoms with Crippen LogP contribution in [0.4, 0.5) is 0 Å². The summed E-state index contributed by atoms with van der Waals surface area (Å²) in [5, 5.41) is 3.63. The summed E-state index contributed by atoms with van der Waals surface area (Å²) in [7, 11) is 0. The van der Waals surface area contributed by atoms with E-state index in [4.69, 9.17) is 4.74 Å². The Morgan fingerprint density at radius 3 is 2.38 bits per heavy atom. The van der Waals surface area contributed by atoms with Gasteiger partial charge in [-0.25, -0.2) is 0 Å². The number of rotatable bonds is 7. The Balaban J connectivity index is 2.51. The Morgan fingerprint density at radius 2 is 1.94 bits per heavy atom. The van der Waals surface area contributed by atoms with E-state index in [0.29, 0.717) is 12.1 Å². The van der Waals surface area contributed by atoms with Gasteiger partial charge in [0.05, 0.1) is 6.10 Å². The maximum atomic E-state index is 5.91. The fourth-order valence-electron chi connectivity index (χ4n) is 2.81. The molecule has 0 aromatic rings. The second-order valence-corrected chi connectivity index (χ2v) is 5.18. The fraction of sp³-hybridized carbons (Fsp3) is 1.00. The van der Waals surface area contributed by atoms with Crippen LogP contribution in [0.1, 0.15) is 53.4 Å². The molecule has 0 radical (unpaired) electrons. The zero-order valence-corrected chi connectivity index (χ0v) is 11.5. The van der Waals surface area contributed by atoms with Crippen LogP contribution in [0.5, 0.6) is 0 Å². The molecule has 0 bridgehead atoms. The summed E-state index contributed by atoms with van der Waals surface area (Å²) in [6.45, 7) is 11.1. The molecular formula is C14H29NO. The summed E-state index contributed by atoms with van der Waals surface area (Å²) in [4.78, 5) is 0. The van der Waals surface area contributed by atoms with Gasteiger partial charge in [-0.15, -0.1) is 0 Å². The molecule has 1 aliphatic rings. The number of ether oxygens (including phenoxy) is 1. The molecule has 16 heavy (non-hydrogen) atoms. The van der Waals surface area contributed by atoms with Crippen LogP contribution in [-0.4, -0.2) is 25.3 Å². The molecule has 1 heterocycles. The van der Waals surface area contributed by atoms with Gasteiger partial charge in [-0.2, -0.15) is 0 Å². The SMILES string of the molecule is CCNC(CC(CC)CC)C1OCCC1C. The molecule has 3 unspecified atom stereocenters. The van der Waals surface area contributed by atoms with Crippen molar-refractivity contribution in [1.29, 1.82) is 0 Å². The normalized spacial score (nSPS) is 27.6. The standard InChI is InChI=1S/C14H29NO/c1-5-12(6-2)10-13(15-7-3)14-11(4)8-9-16-14/h11-15H,5-10H2,1-4H3. The zero-order chi connectivity index (χ0) is 12.0. The van der Waals surface area contributed by atoms with Gasteiger partial charge in [0.2, 0.25) is 0 Å². The molecule has 2 nitrogen and oxygen atoms in total. The van der Waals surface area contributed by atoms with Crippen LogP contribution in [0.3, 0.4) is 0 Å². The van der Waals surface area contributed by atoms with Crippen molar-refractivity contribution in [2.45, 2.75) is 65.5 Å². The van der Waals surface area contributed by atoms with Crippen LogP contribution in [0.2, 0.25) is 0 Å². The first-order valence-corrected chi connectivity index (χ1v) is 7.07. The Kier molecular flexibility index (Phi) is 6.37. The largest absolute Gasteiger partial charge is 0.376 e. The molecule has 2 heteroatoms. The van der Waals surface area contributed by atoms with E-state index in [-0.39, 0.29) is 0 Å². The molecule has 0 saturated carbocycles. The second kappa shape index (κ2) is 7.29. The minimum Gasteiger partial charge on any atom is -0.376 e.